The lowest BCUT2D eigenvalue weighted by Crippen LogP contribution is -1.99. The maximum Gasteiger partial charge on any atom is 0.228 e. The number of fused-ring (bicyclic) bond motifs is 1. The van der Waals surface area contributed by atoms with E-state index >= 15 is 0 Å². The number of nitrogens with zero attached hydrogens (tertiary/aromatic N) is 1. The van der Waals surface area contributed by atoms with E-state index in [0.29, 0.717) is 16.9 Å². The summed E-state index contributed by atoms with van der Waals surface area (Å²) in [5.41, 5.74) is 4.17. The molecule has 2 aromatic heterocycles. The standard InChI is InChI=1S/C18H17NO2/c1-3-4-13-6-8-14(9-7-13)18(20)17-11-15-16(21-17)10-5-12(2)19-15/h5-11H,3-4H2,1-2H3. The average Bonchev–Trinajstić information content (AvgIpc) is 2.90. The fraction of sp³-hybridized carbons (Fsp3) is 0.222. The molecule has 1 aromatic carbocycles. The van der Waals surface area contributed by atoms with E-state index in [1.165, 1.54) is 5.56 Å². The highest BCUT2D eigenvalue weighted by atomic mass is 16.3. The summed E-state index contributed by atoms with van der Waals surface area (Å²) in [7, 11) is 0. The van der Waals surface area contributed by atoms with Crippen molar-refractivity contribution in [2.45, 2.75) is 26.7 Å². The third-order valence-corrected chi connectivity index (χ3v) is 3.49. The molecular formula is C18H17NO2. The second-order valence-corrected chi connectivity index (χ2v) is 5.22. The topological polar surface area (TPSA) is 43.1 Å². The molecule has 0 aliphatic rings. The molecule has 0 aliphatic carbocycles. The Kier molecular flexibility index (Phi) is 3.57. The van der Waals surface area contributed by atoms with Crippen molar-refractivity contribution in [3.63, 3.8) is 0 Å². The van der Waals surface area contributed by atoms with E-state index in [1.54, 1.807) is 6.07 Å². The molecule has 106 valence electrons. The van der Waals surface area contributed by atoms with Gasteiger partial charge in [-0.2, -0.15) is 0 Å². The molecule has 3 nitrogen and oxygen atoms in total. The van der Waals surface area contributed by atoms with Crippen LogP contribution in [0.2, 0.25) is 0 Å². The lowest BCUT2D eigenvalue weighted by Gasteiger charge is -2.00. The summed E-state index contributed by atoms with van der Waals surface area (Å²) in [6.07, 6.45) is 2.13. The molecule has 0 amide bonds. The molecule has 0 fully saturated rings. The Morgan fingerprint density at radius 2 is 1.90 bits per heavy atom. The van der Waals surface area contributed by atoms with Crippen LogP contribution in [0.3, 0.4) is 0 Å². The van der Waals surface area contributed by atoms with Crippen LogP contribution in [0.1, 0.15) is 40.7 Å². The van der Waals surface area contributed by atoms with Crippen molar-refractivity contribution in [2.24, 2.45) is 0 Å². The van der Waals surface area contributed by atoms with Crippen molar-refractivity contribution < 1.29 is 9.21 Å². The van der Waals surface area contributed by atoms with Crippen LogP contribution in [0, 0.1) is 6.92 Å². The Morgan fingerprint density at radius 1 is 1.14 bits per heavy atom. The molecule has 2 heterocycles. The summed E-state index contributed by atoms with van der Waals surface area (Å²) >= 11 is 0. The zero-order valence-corrected chi connectivity index (χ0v) is 12.2. The van der Waals surface area contributed by atoms with Crippen molar-refractivity contribution in [3.05, 3.63) is 65.0 Å². The summed E-state index contributed by atoms with van der Waals surface area (Å²) in [6, 6.07) is 13.2. The Balaban J connectivity index is 1.92. The molecule has 0 N–H and O–H groups in total. The number of aryl methyl sites for hydroxylation is 2. The minimum absolute atomic E-state index is 0.103. The Hall–Kier alpha value is -2.42. The van der Waals surface area contributed by atoms with Gasteiger partial charge in [0, 0.05) is 17.3 Å². The SMILES string of the molecule is CCCc1ccc(C(=O)c2cc3nc(C)ccc3o2)cc1. The van der Waals surface area contributed by atoms with Crippen LogP contribution < -0.4 is 0 Å². The fourth-order valence-corrected chi connectivity index (χ4v) is 2.39. The van der Waals surface area contributed by atoms with Crippen LogP contribution in [0.15, 0.2) is 46.9 Å². The number of furan rings is 1. The predicted octanol–water partition coefficient (Wildman–Crippen LogP) is 4.32. The monoisotopic (exact) mass is 279 g/mol. The molecular weight excluding hydrogens is 262 g/mol. The van der Waals surface area contributed by atoms with E-state index in [1.807, 2.05) is 43.3 Å². The first-order chi connectivity index (χ1) is 10.2. The molecule has 3 aromatic rings. The van der Waals surface area contributed by atoms with E-state index < -0.39 is 0 Å². The molecule has 21 heavy (non-hydrogen) atoms. The normalized spacial score (nSPS) is 11.0. The first-order valence-electron chi connectivity index (χ1n) is 7.18. The van der Waals surface area contributed by atoms with Gasteiger partial charge in [-0.3, -0.25) is 4.79 Å². The van der Waals surface area contributed by atoms with E-state index in [9.17, 15) is 4.79 Å². The third kappa shape index (κ3) is 2.72. The van der Waals surface area contributed by atoms with Gasteiger partial charge >= 0.3 is 0 Å². The van der Waals surface area contributed by atoms with Crippen molar-refractivity contribution >= 4 is 16.9 Å². The molecule has 0 saturated carbocycles. The number of hydrogen-bond acceptors (Lipinski definition) is 3. The molecule has 0 saturated heterocycles. The van der Waals surface area contributed by atoms with Crippen LogP contribution in [-0.4, -0.2) is 10.8 Å². The lowest BCUT2D eigenvalue weighted by molar-refractivity contribution is 0.101. The zero-order chi connectivity index (χ0) is 14.8. The van der Waals surface area contributed by atoms with Crippen LogP contribution >= 0.6 is 0 Å². The summed E-state index contributed by atoms with van der Waals surface area (Å²) in [5, 5.41) is 0. The van der Waals surface area contributed by atoms with E-state index in [4.69, 9.17) is 4.42 Å². The molecule has 0 bridgehead atoms. The highest BCUT2D eigenvalue weighted by Gasteiger charge is 2.15. The molecule has 3 heteroatoms. The number of rotatable bonds is 4. The van der Waals surface area contributed by atoms with Crippen LogP contribution in [0.4, 0.5) is 0 Å². The minimum Gasteiger partial charge on any atom is -0.451 e. The van der Waals surface area contributed by atoms with E-state index in [0.717, 1.165) is 24.1 Å². The number of hydrogen-bond donors (Lipinski definition) is 0. The lowest BCUT2D eigenvalue weighted by atomic mass is 10.0. The predicted molar refractivity (Wildman–Crippen MR) is 82.6 cm³/mol. The fourth-order valence-electron chi connectivity index (χ4n) is 2.39. The average molecular weight is 279 g/mol. The first kappa shape index (κ1) is 13.6. The number of pyridine rings is 1. The Morgan fingerprint density at radius 3 is 2.62 bits per heavy atom. The smallest absolute Gasteiger partial charge is 0.228 e. The highest BCUT2D eigenvalue weighted by molar-refractivity contribution is 6.08. The molecule has 0 atom stereocenters. The van der Waals surface area contributed by atoms with Gasteiger partial charge in [-0.05, 0) is 31.0 Å². The summed E-state index contributed by atoms with van der Waals surface area (Å²) in [5.74, 6) is 0.236. The Bertz CT molecular complexity index is 785. The molecule has 0 unspecified atom stereocenters. The van der Waals surface area contributed by atoms with Gasteiger partial charge in [0.25, 0.3) is 0 Å². The second kappa shape index (κ2) is 5.52. The largest absolute Gasteiger partial charge is 0.451 e. The highest BCUT2D eigenvalue weighted by Crippen LogP contribution is 2.20. The van der Waals surface area contributed by atoms with Crippen LogP contribution in [0.25, 0.3) is 11.1 Å². The first-order valence-corrected chi connectivity index (χ1v) is 7.18. The maximum absolute atomic E-state index is 12.4. The zero-order valence-electron chi connectivity index (χ0n) is 12.2. The van der Waals surface area contributed by atoms with Gasteiger partial charge in [-0.25, -0.2) is 4.98 Å². The number of ketones is 1. The van der Waals surface area contributed by atoms with Crippen LogP contribution in [-0.2, 0) is 6.42 Å². The van der Waals surface area contributed by atoms with Crippen LogP contribution in [0.5, 0.6) is 0 Å². The van der Waals surface area contributed by atoms with Gasteiger partial charge in [0.1, 0.15) is 5.52 Å². The summed E-state index contributed by atoms with van der Waals surface area (Å²) < 4.78 is 5.60. The van der Waals surface area contributed by atoms with Gasteiger partial charge in [-0.15, -0.1) is 0 Å². The molecule has 0 spiro atoms. The van der Waals surface area contributed by atoms with Crippen molar-refractivity contribution in [1.29, 1.82) is 0 Å². The molecule has 0 aliphatic heterocycles. The van der Waals surface area contributed by atoms with Gasteiger partial charge in [0.2, 0.25) is 5.78 Å². The second-order valence-electron chi connectivity index (χ2n) is 5.22. The molecule has 3 rings (SSSR count). The van der Waals surface area contributed by atoms with Crippen molar-refractivity contribution in [1.82, 2.24) is 4.98 Å². The number of benzene rings is 1. The molecule has 0 radical (unpaired) electrons. The number of carbonyl (C=O) groups excluding carboxylic acids is 1. The van der Waals surface area contributed by atoms with Crippen molar-refractivity contribution in [3.8, 4) is 0 Å². The van der Waals surface area contributed by atoms with Gasteiger partial charge in [-0.1, -0.05) is 37.6 Å². The third-order valence-electron chi connectivity index (χ3n) is 3.49. The quantitative estimate of drug-likeness (QED) is 0.668. The number of aromatic nitrogens is 1. The summed E-state index contributed by atoms with van der Waals surface area (Å²) in [6.45, 7) is 4.06. The van der Waals surface area contributed by atoms with Gasteiger partial charge < -0.3 is 4.42 Å². The van der Waals surface area contributed by atoms with Crippen molar-refractivity contribution in [2.75, 3.05) is 0 Å². The van der Waals surface area contributed by atoms with E-state index in [-0.39, 0.29) is 5.78 Å². The van der Waals surface area contributed by atoms with Gasteiger partial charge in [0.15, 0.2) is 11.3 Å². The number of carbonyl (C=O) groups is 1. The van der Waals surface area contributed by atoms with Gasteiger partial charge in [0.05, 0.1) is 0 Å². The Labute approximate surface area is 123 Å². The maximum atomic E-state index is 12.4. The van der Waals surface area contributed by atoms with E-state index in [2.05, 4.69) is 11.9 Å². The minimum atomic E-state index is -0.103. The summed E-state index contributed by atoms with van der Waals surface area (Å²) in [4.78, 5) is 16.8.